The SMILES string of the molecule is CC(C)n1c(O[C@@H]2C[C@H]3C(=O)N[C@]4(C(=O)NS(=O)(=O)C5(C)CC5)C[C@H]4CCCCCCC[C@H](NC(=O)OC(C)(C)C)C(=O)N3C2)nc2c(-c3nc(C4CCCCC4)cs3)cccc21. The van der Waals surface area contributed by atoms with Crippen molar-refractivity contribution in [1.29, 1.82) is 0 Å². The molecule has 3 aromatic rings. The zero-order valence-electron chi connectivity index (χ0n) is 37.7. The van der Waals surface area contributed by atoms with E-state index in [-0.39, 0.29) is 24.9 Å². The Morgan fingerprint density at radius 1 is 0.968 bits per heavy atom. The number of amides is 4. The van der Waals surface area contributed by atoms with Crippen LogP contribution in [0.4, 0.5) is 4.79 Å². The van der Waals surface area contributed by atoms with Gasteiger partial charge in [-0.3, -0.25) is 23.7 Å². The summed E-state index contributed by atoms with van der Waals surface area (Å²) in [5.41, 5.74) is 1.43. The number of fused-ring (bicyclic) bond motifs is 3. The minimum absolute atomic E-state index is 0.00413. The van der Waals surface area contributed by atoms with Crippen LogP contribution in [0.15, 0.2) is 23.6 Å². The topological polar surface area (TPSA) is 191 Å². The van der Waals surface area contributed by atoms with E-state index in [2.05, 4.69) is 20.7 Å². The Hall–Kier alpha value is -4.25. The van der Waals surface area contributed by atoms with Crippen LogP contribution in [0, 0.1) is 5.92 Å². The van der Waals surface area contributed by atoms with Crippen LogP contribution in [0.5, 0.6) is 6.01 Å². The van der Waals surface area contributed by atoms with Crippen molar-refractivity contribution in [2.24, 2.45) is 5.92 Å². The summed E-state index contributed by atoms with van der Waals surface area (Å²) in [5, 5.41) is 8.88. The number of ether oxygens (including phenoxy) is 2. The highest BCUT2D eigenvalue weighted by Gasteiger charge is 2.63. The normalized spacial score (nSPS) is 27.1. The first-order valence-electron chi connectivity index (χ1n) is 23.2. The number of sulfonamides is 1. The van der Waals surface area contributed by atoms with E-state index in [4.69, 9.17) is 19.4 Å². The lowest BCUT2D eigenvalue weighted by Crippen LogP contribution is -2.58. The molecule has 0 unspecified atom stereocenters. The lowest BCUT2D eigenvalue weighted by molar-refractivity contribution is -0.141. The molecule has 8 rings (SSSR count). The Bertz CT molecular complexity index is 2330. The molecule has 5 aliphatic rings. The Morgan fingerprint density at radius 2 is 1.65 bits per heavy atom. The van der Waals surface area contributed by atoms with Crippen LogP contribution in [0.2, 0.25) is 0 Å². The molecule has 63 heavy (non-hydrogen) atoms. The average Bonchev–Trinajstić information content (AvgIpc) is 3.89. The van der Waals surface area contributed by atoms with E-state index in [1.807, 2.05) is 36.6 Å². The van der Waals surface area contributed by atoms with Gasteiger partial charge in [0, 0.05) is 29.3 Å². The third-order valence-electron chi connectivity index (χ3n) is 13.8. The molecule has 5 fully saturated rings. The van der Waals surface area contributed by atoms with Crippen LogP contribution >= 0.6 is 11.3 Å². The van der Waals surface area contributed by atoms with Crippen LogP contribution in [0.3, 0.4) is 0 Å². The van der Waals surface area contributed by atoms with E-state index in [0.29, 0.717) is 50.5 Å². The highest BCUT2D eigenvalue weighted by molar-refractivity contribution is 7.91. The molecule has 0 radical (unpaired) electrons. The number of alkyl carbamates (subject to hydrolysis) is 1. The minimum Gasteiger partial charge on any atom is -0.459 e. The number of hydrogen-bond donors (Lipinski definition) is 3. The number of nitrogens with zero attached hydrogens (tertiary/aromatic N) is 4. The van der Waals surface area contributed by atoms with Gasteiger partial charge >= 0.3 is 6.09 Å². The zero-order valence-corrected chi connectivity index (χ0v) is 39.3. The second kappa shape index (κ2) is 17.6. The number of hydrogen-bond acceptors (Lipinski definition) is 11. The fraction of sp³-hybridized carbons (Fsp3) is 0.696. The molecular formula is C46H65N7O8S2. The standard InChI is InChI=1S/C46H65N7O8S2/c1-28(2)53-35-21-15-19-32(39-47-34(27-62-39)29-16-11-10-12-17-29)37(35)49-42(53)60-31-24-36-38(54)50-46(41(56)51-63(58,59)45(6)22-23-45)25-30(46)18-13-8-7-9-14-20-33(40(55)52(36)26-31)48-43(57)61-44(3,4)5/h15,19,21,27-31,33,36H,7-14,16-18,20,22-26H2,1-6H3,(H,48,57)(H,50,54)(H,51,56)/t30-,31-,33+,36+,46-/m1/s1. The van der Waals surface area contributed by atoms with E-state index in [1.54, 1.807) is 39.0 Å². The monoisotopic (exact) mass is 907 g/mol. The summed E-state index contributed by atoms with van der Waals surface area (Å²) >= 11 is 1.62. The lowest BCUT2D eigenvalue weighted by Gasteiger charge is -2.30. The highest BCUT2D eigenvalue weighted by Crippen LogP contribution is 2.49. The molecule has 344 valence electrons. The smallest absolute Gasteiger partial charge is 0.408 e. The van der Waals surface area contributed by atoms with Crippen molar-refractivity contribution in [2.75, 3.05) is 6.54 Å². The predicted octanol–water partition coefficient (Wildman–Crippen LogP) is 7.65. The molecule has 4 heterocycles. The third kappa shape index (κ3) is 9.60. The third-order valence-corrected chi connectivity index (χ3v) is 16.9. The number of para-hydroxylation sites is 1. The first-order valence-corrected chi connectivity index (χ1v) is 25.6. The fourth-order valence-corrected chi connectivity index (χ4v) is 12.0. The second-order valence-electron chi connectivity index (χ2n) is 20.2. The van der Waals surface area contributed by atoms with Crippen molar-refractivity contribution in [3.63, 3.8) is 0 Å². The molecule has 3 aliphatic carbocycles. The Morgan fingerprint density at radius 3 is 2.35 bits per heavy atom. The van der Waals surface area contributed by atoms with Crippen molar-refractivity contribution in [1.82, 2.24) is 34.8 Å². The molecule has 0 spiro atoms. The van der Waals surface area contributed by atoms with Gasteiger partial charge in [-0.05, 0) is 105 Å². The molecule has 1 aromatic carbocycles. The largest absolute Gasteiger partial charge is 0.459 e. The summed E-state index contributed by atoms with van der Waals surface area (Å²) < 4.78 is 42.3. The fourth-order valence-electron chi connectivity index (χ4n) is 9.80. The summed E-state index contributed by atoms with van der Waals surface area (Å²) in [4.78, 5) is 68.4. The van der Waals surface area contributed by atoms with Gasteiger partial charge in [-0.1, -0.05) is 57.4 Å². The molecule has 2 aromatic heterocycles. The van der Waals surface area contributed by atoms with Gasteiger partial charge in [-0.25, -0.2) is 18.2 Å². The van der Waals surface area contributed by atoms with Crippen LogP contribution in [0.25, 0.3) is 21.6 Å². The number of nitrogens with one attached hydrogen (secondary N) is 3. The number of benzene rings is 1. The molecule has 15 nitrogen and oxygen atoms in total. The van der Waals surface area contributed by atoms with Crippen molar-refractivity contribution in [3.05, 3.63) is 29.3 Å². The number of carbonyl (C=O) groups excluding carboxylic acids is 4. The molecule has 3 saturated carbocycles. The van der Waals surface area contributed by atoms with Gasteiger partial charge in [-0.15, -0.1) is 11.3 Å². The second-order valence-corrected chi connectivity index (χ2v) is 23.3. The predicted molar refractivity (Wildman–Crippen MR) is 241 cm³/mol. The van der Waals surface area contributed by atoms with Gasteiger partial charge in [0.25, 0.3) is 11.9 Å². The molecule has 5 atom stereocenters. The number of aromatic nitrogens is 3. The summed E-state index contributed by atoms with van der Waals surface area (Å²) in [6, 6.07) is 4.24. The average molecular weight is 908 g/mol. The Balaban J connectivity index is 1.11. The van der Waals surface area contributed by atoms with Gasteiger partial charge in [-0.2, -0.15) is 4.98 Å². The van der Waals surface area contributed by atoms with Crippen LogP contribution in [-0.4, -0.2) is 92.3 Å². The van der Waals surface area contributed by atoms with Crippen molar-refractivity contribution in [3.8, 4) is 16.6 Å². The summed E-state index contributed by atoms with van der Waals surface area (Å²) in [7, 11) is -3.98. The van der Waals surface area contributed by atoms with Gasteiger partial charge < -0.3 is 25.0 Å². The molecule has 17 heteroatoms. The maximum atomic E-state index is 14.8. The molecule has 2 aliphatic heterocycles. The first kappa shape index (κ1) is 45.3. The molecular weight excluding hydrogens is 843 g/mol. The van der Waals surface area contributed by atoms with Gasteiger partial charge in [0.05, 0.1) is 22.5 Å². The van der Waals surface area contributed by atoms with Crippen molar-refractivity contribution in [2.45, 2.75) is 190 Å². The van der Waals surface area contributed by atoms with E-state index >= 15 is 0 Å². The first-order chi connectivity index (χ1) is 29.9. The molecule has 3 N–H and O–H groups in total. The summed E-state index contributed by atoms with van der Waals surface area (Å²) in [5.74, 6) is -1.57. The van der Waals surface area contributed by atoms with E-state index in [0.717, 1.165) is 65.8 Å². The Kier molecular flexibility index (Phi) is 12.7. The van der Waals surface area contributed by atoms with Crippen LogP contribution < -0.4 is 20.1 Å². The van der Waals surface area contributed by atoms with Crippen molar-refractivity contribution >= 4 is 56.2 Å². The van der Waals surface area contributed by atoms with Crippen LogP contribution in [0.1, 0.15) is 162 Å². The number of rotatable bonds is 9. The maximum Gasteiger partial charge on any atom is 0.408 e. The Labute approximate surface area is 375 Å². The van der Waals surface area contributed by atoms with E-state index < -0.39 is 67.9 Å². The van der Waals surface area contributed by atoms with Gasteiger partial charge in [0.2, 0.25) is 21.8 Å². The summed E-state index contributed by atoms with van der Waals surface area (Å²) in [6.45, 7) is 11.0. The molecule has 4 amide bonds. The summed E-state index contributed by atoms with van der Waals surface area (Å²) in [6.07, 6.45) is 10.9. The lowest BCUT2D eigenvalue weighted by atomic mass is 9.87. The number of carbonyl (C=O) groups is 4. The van der Waals surface area contributed by atoms with Crippen LogP contribution in [-0.2, 0) is 29.1 Å². The maximum absolute atomic E-state index is 14.8. The van der Waals surface area contributed by atoms with Gasteiger partial charge in [0.15, 0.2) is 0 Å². The number of imidazole rings is 1. The van der Waals surface area contributed by atoms with Crippen molar-refractivity contribution < 1.29 is 37.1 Å². The highest BCUT2D eigenvalue weighted by atomic mass is 32.2. The van der Waals surface area contributed by atoms with Gasteiger partial charge in [0.1, 0.15) is 39.9 Å². The number of thiazole rings is 1. The molecule has 0 bridgehead atoms. The quantitative estimate of drug-likeness (QED) is 0.192. The van der Waals surface area contributed by atoms with E-state index in [1.165, 1.54) is 24.2 Å². The minimum atomic E-state index is -3.98. The van der Waals surface area contributed by atoms with E-state index in [9.17, 15) is 27.6 Å². The zero-order chi connectivity index (χ0) is 44.9. The molecule has 2 saturated heterocycles.